The Hall–Kier alpha value is -1.68. The van der Waals surface area contributed by atoms with Crippen LogP contribution in [0.4, 0.5) is 0 Å². The molecule has 108 valence electrons. The number of methoxy groups -OCH3 is 1. The summed E-state index contributed by atoms with van der Waals surface area (Å²) in [6.45, 7) is 0.594. The highest BCUT2D eigenvalue weighted by atomic mass is 35.5. The van der Waals surface area contributed by atoms with Gasteiger partial charge in [0.05, 0.1) is 13.7 Å². The van der Waals surface area contributed by atoms with Gasteiger partial charge >= 0.3 is 5.97 Å². The van der Waals surface area contributed by atoms with Crippen LogP contribution in [0.3, 0.4) is 0 Å². The molecule has 5 heteroatoms. The van der Waals surface area contributed by atoms with Crippen LogP contribution in [-0.2, 0) is 4.79 Å². The maximum absolute atomic E-state index is 10.6. The minimum atomic E-state index is -1.02. The minimum Gasteiger partial charge on any atom is -0.493 e. The van der Waals surface area contributed by atoms with Crippen LogP contribution in [0.1, 0.15) is 24.8 Å². The number of hydrogen-bond acceptors (Lipinski definition) is 3. The Kier molecular flexibility index (Phi) is 4.90. The summed E-state index contributed by atoms with van der Waals surface area (Å²) in [6.07, 6.45) is 6.07. The van der Waals surface area contributed by atoms with Gasteiger partial charge in [-0.3, -0.25) is 0 Å². The molecule has 1 aromatic carbocycles. The maximum Gasteiger partial charge on any atom is 0.328 e. The van der Waals surface area contributed by atoms with Gasteiger partial charge in [0.1, 0.15) is 0 Å². The van der Waals surface area contributed by atoms with E-state index in [-0.39, 0.29) is 0 Å². The van der Waals surface area contributed by atoms with Crippen LogP contribution in [0.15, 0.2) is 18.2 Å². The summed E-state index contributed by atoms with van der Waals surface area (Å²) >= 11 is 5.99. The van der Waals surface area contributed by atoms with Crippen molar-refractivity contribution in [2.24, 2.45) is 5.92 Å². The number of carbonyl (C=O) groups is 1. The van der Waals surface area contributed by atoms with E-state index in [2.05, 4.69) is 0 Å². The molecule has 0 aromatic heterocycles. The molecule has 1 fully saturated rings. The number of ether oxygens (including phenoxy) is 2. The lowest BCUT2D eigenvalue weighted by molar-refractivity contribution is -0.131. The summed E-state index contributed by atoms with van der Waals surface area (Å²) < 4.78 is 11.0. The lowest BCUT2D eigenvalue weighted by Crippen LogP contribution is -2.02. The van der Waals surface area contributed by atoms with Crippen molar-refractivity contribution in [3.05, 3.63) is 28.8 Å². The lowest BCUT2D eigenvalue weighted by Gasteiger charge is -2.14. The van der Waals surface area contributed by atoms with E-state index < -0.39 is 5.97 Å². The Balaban J connectivity index is 2.20. The third-order valence-electron chi connectivity index (χ3n) is 3.14. The zero-order valence-electron chi connectivity index (χ0n) is 11.3. The summed E-state index contributed by atoms with van der Waals surface area (Å²) in [5, 5.41) is 9.20. The quantitative estimate of drug-likeness (QED) is 0.781. The molecule has 0 amide bonds. The van der Waals surface area contributed by atoms with Crippen LogP contribution < -0.4 is 9.47 Å². The molecule has 4 nitrogen and oxygen atoms in total. The van der Waals surface area contributed by atoms with Gasteiger partial charge in [-0.15, -0.1) is 0 Å². The van der Waals surface area contributed by atoms with Crippen LogP contribution in [0.5, 0.6) is 11.5 Å². The number of rotatable bonds is 7. The van der Waals surface area contributed by atoms with E-state index in [0.717, 1.165) is 18.4 Å². The Bertz CT molecular complexity index is 521. The van der Waals surface area contributed by atoms with Crippen LogP contribution in [0.2, 0.25) is 5.02 Å². The van der Waals surface area contributed by atoms with Crippen molar-refractivity contribution in [2.75, 3.05) is 13.7 Å². The second-order valence-corrected chi connectivity index (χ2v) is 5.21. The Labute approximate surface area is 123 Å². The first kappa shape index (κ1) is 14.7. The Morgan fingerprint density at radius 2 is 2.25 bits per heavy atom. The largest absolute Gasteiger partial charge is 0.493 e. The molecule has 0 radical (unpaired) electrons. The van der Waals surface area contributed by atoms with E-state index in [1.54, 1.807) is 12.1 Å². The summed E-state index contributed by atoms with van der Waals surface area (Å²) in [4.78, 5) is 10.6. The fourth-order valence-electron chi connectivity index (χ4n) is 1.91. The topological polar surface area (TPSA) is 55.8 Å². The van der Waals surface area contributed by atoms with Gasteiger partial charge < -0.3 is 14.6 Å². The third-order valence-corrected chi connectivity index (χ3v) is 3.36. The van der Waals surface area contributed by atoms with Crippen molar-refractivity contribution < 1.29 is 19.4 Å². The second-order valence-electron chi connectivity index (χ2n) is 4.78. The van der Waals surface area contributed by atoms with Gasteiger partial charge in [-0.1, -0.05) is 24.4 Å². The zero-order chi connectivity index (χ0) is 14.5. The van der Waals surface area contributed by atoms with Crippen molar-refractivity contribution >= 4 is 23.6 Å². The smallest absolute Gasteiger partial charge is 0.328 e. The lowest BCUT2D eigenvalue weighted by atomic mass is 10.1. The monoisotopic (exact) mass is 296 g/mol. The molecule has 0 heterocycles. The van der Waals surface area contributed by atoms with E-state index in [0.29, 0.717) is 28.7 Å². The van der Waals surface area contributed by atoms with Crippen LogP contribution in [-0.4, -0.2) is 24.8 Å². The van der Waals surface area contributed by atoms with Crippen LogP contribution in [0.25, 0.3) is 6.08 Å². The molecular weight excluding hydrogens is 280 g/mol. The van der Waals surface area contributed by atoms with E-state index in [1.807, 2.05) is 0 Å². The van der Waals surface area contributed by atoms with Crippen LogP contribution in [0, 0.1) is 5.92 Å². The number of carboxylic acid groups (broad SMARTS) is 1. The number of aliphatic carboxylic acids is 1. The van der Waals surface area contributed by atoms with E-state index in [9.17, 15) is 4.79 Å². The Morgan fingerprint density at radius 1 is 1.50 bits per heavy atom. The highest BCUT2D eigenvalue weighted by Crippen LogP contribution is 2.37. The predicted molar refractivity (Wildman–Crippen MR) is 77.5 cm³/mol. The summed E-state index contributed by atoms with van der Waals surface area (Å²) in [5.41, 5.74) is 0.604. The minimum absolute atomic E-state index is 0.474. The van der Waals surface area contributed by atoms with Crippen molar-refractivity contribution in [2.45, 2.75) is 19.3 Å². The van der Waals surface area contributed by atoms with E-state index in [4.69, 9.17) is 26.2 Å². The molecule has 20 heavy (non-hydrogen) atoms. The molecule has 0 unspecified atom stereocenters. The van der Waals surface area contributed by atoms with Gasteiger partial charge in [0.25, 0.3) is 0 Å². The molecular formula is C15H17ClO4. The number of halogens is 1. The number of benzene rings is 1. The van der Waals surface area contributed by atoms with Gasteiger partial charge in [0.15, 0.2) is 11.5 Å². The zero-order valence-corrected chi connectivity index (χ0v) is 12.0. The van der Waals surface area contributed by atoms with Crippen molar-refractivity contribution in [3.8, 4) is 11.5 Å². The summed E-state index contributed by atoms with van der Waals surface area (Å²) in [6, 6.07) is 3.32. The molecule has 1 N–H and O–H groups in total. The van der Waals surface area contributed by atoms with Gasteiger partial charge in [-0.25, -0.2) is 4.79 Å². The summed E-state index contributed by atoms with van der Waals surface area (Å²) in [7, 11) is 1.53. The standard InChI is InChI=1S/C15H17ClO4/c1-19-13-9-12(16)8-11(4-5-14(17)18)15(13)20-7-6-10-2-3-10/h4-5,8-10H,2-3,6-7H2,1H3,(H,17,18)/b5-4+. The highest BCUT2D eigenvalue weighted by molar-refractivity contribution is 6.31. The van der Waals surface area contributed by atoms with E-state index in [1.165, 1.54) is 26.0 Å². The van der Waals surface area contributed by atoms with Crippen LogP contribution >= 0.6 is 11.6 Å². The average molecular weight is 297 g/mol. The molecule has 1 saturated carbocycles. The van der Waals surface area contributed by atoms with Crippen molar-refractivity contribution in [3.63, 3.8) is 0 Å². The molecule has 1 aliphatic rings. The third kappa shape index (κ3) is 4.17. The Morgan fingerprint density at radius 3 is 2.85 bits per heavy atom. The highest BCUT2D eigenvalue weighted by Gasteiger charge is 2.21. The molecule has 1 aliphatic carbocycles. The van der Waals surface area contributed by atoms with Crippen molar-refractivity contribution in [1.82, 2.24) is 0 Å². The fraction of sp³-hybridized carbons (Fsp3) is 0.400. The summed E-state index contributed by atoms with van der Waals surface area (Å²) in [5.74, 6) is 0.799. The molecule has 0 aliphatic heterocycles. The first-order chi connectivity index (χ1) is 9.60. The fourth-order valence-corrected chi connectivity index (χ4v) is 2.13. The first-order valence-electron chi connectivity index (χ1n) is 6.51. The molecule has 0 spiro atoms. The molecule has 2 rings (SSSR count). The molecule has 0 bridgehead atoms. The van der Waals surface area contributed by atoms with Gasteiger partial charge in [-0.2, -0.15) is 0 Å². The molecule has 0 atom stereocenters. The maximum atomic E-state index is 10.6. The number of carboxylic acids is 1. The normalized spacial score (nSPS) is 14.5. The predicted octanol–water partition coefficient (Wildman–Crippen LogP) is 3.63. The van der Waals surface area contributed by atoms with Gasteiger partial charge in [0, 0.05) is 22.7 Å². The van der Waals surface area contributed by atoms with Crippen molar-refractivity contribution in [1.29, 1.82) is 0 Å². The van der Waals surface area contributed by atoms with Gasteiger partial charge in [-0.05, 0) is 24.5 Å². The molecule has 0 saturated heterocycles. The van der Waals surface area contributed by atoms with Gasteiger partial charge in [0.2, 0.25) is 0 Å². The molecule has 1 aromatic rings. The first-order valence-corrected chi connectivity index (χ1v) is 6.89. The van der Waals surface area contributed by atoms with E-state index >= 15 is 0 Å². The average Bonchev–Trinajstić information content (AvgIpc) is 3.21. The number of hydrogen-bond donors (Lipinski definition) is 1. The second kappa shape index (κ2) is 6.66. The SMILES string of the molecule is COc1cc(Cl)cc(/C=C/C(=O)O)c1OCCC1CC1.